The van der Waals surface area contributed by atoms with Crippen LogP contribution in [0.2, 0.25) is 0 Å². The largest absolute Gasteiger partial charge is 2.00 e. The third-order valence-corrected chi connectivity index (χ3v) is 3.41. The number of rotatable bonds is 7. The van der Waals surface area contributed by atoms with Gasteiger partial charge >= 0.3 is 17.1 Å². The van der Waals surface area contributed by atoms with Crippen LogP contribution < -0.4 is 5.32 Å². The SMILES string of the molecule is C=Cc1cc(C[N-]CC[NH-])c(O)c(CN2CCNC2)c1.[Cu+2]. The van der Waals surface area contributed by atoms with Crippen molar-refractivity contribution >= 4 is 6.08 Å². The molecule has 0 saturated carbocycles. The van der Waals surface area contributed by atoms with Crippen LogP contribution in [0.15, 0.2) is 18.7 Å². The molecular weight excluding hydrogens is 316 g/mol. The summed E-state index contributed by atoms with van der Waals surface area (Å²) < 4.78 is 0. The second-order valence-electron chi connectivity index (χ2n) is 4.96. The predicted molar refractivity (Wildman–Crippen MR) is 82.6 cm³/mol. The summed E-state index contributed by atoms with van der Waals surface area (Å²) in [6.07, 6.45) is 1.79. The first-order valence-electron chi connectivity index (χ1n) is 6.92. The number of aromatic hydroxyl groups is 1. The Kier molecular flexibility index (Phi) is 7.96. The maximum Gasteiger partial charge on any atom is 2.00 e. The first-order chi connectivity index (χ1) is 9.74. The molecule has 119 valence electrons. The topological polar surface area (TPSA) is 73.4 Å². The molecule has 21 heavy (non-hydrogen) atoms. The van der Waals surface area contributed by atoms with Crippen LogP contribution in [0, 0.1) is 0 Å². The molecule has 1 fully saturated rings. The standard InChI is InChI=1S/C15H22N4O.Cu/c1-2-12-7-13(9-17-4-3-16)15(20)14(8-12)10-19-6-5-18-11-19;/h2,7-8,16,18,20H,1,3-6,9-11H2;/q-2;+2. The summed E-state index contributed by atoms with van der Waals surface area (Å²) >= 11 is 0. The minimum atomic E-state index is 0. The van der Waals surface area contributed by atoms with Crippen molar-refractivity contribution in [3.8, 4) is 5.75 Å². The van der Waals surface area contributed by atoms with E-state index in [0.717, 1.165) is 43.0 Å². The molecule has 1 aliphatic rings. The number of hydrogen-bond acceptors (Lipinski definition) is 3. The summed E-state index contributed by atoms with van der Waals surface area (Å²) in [6.45, 7) is 8.62. The van der Waals surface area contributed by atoms with Gasteiger partial charge in [0.15, 0.2) is 0 Å². The Balaban J connectivity index is 0.00000220. The molecule has 1 aromatic rings. The summed E-state index contributed by atoms with van der Waals surface area (Å²) in [5.74, 6) is 0.330. The fourth-order valence-electron chi connectivity index (χ4n) is 2.35. The Morgan fingerprint density at radius 3 is 2.81 bits per heavy atom. The van der Waals surface area contributed by atoms with Gasteiger partial charge in [0.05, 0.1) is 0 Å². The molecule has 6 heteroatoms. The van der Waals surface area contributed by atoms with Crippen LogP contribution in [-0.2, 0) is 30.2 Å². The minimum Gasteiger partial charge on any atom is -0.679 e. The van der Waals surface area contributed by atoms with Crippen molar-refractivity contribution in [1.29, 1.82) is 0 Å². The third kappa shape index (κ3) is 5.11. The zero-order valence-electron chi connectivity index (χ0n) is 12.0. The summed E-state index contributed by atoms with van der Waals surface area (Å²) in [6, 6.07) is 3.90. The summed E-state index contributed by atoms with van der Waals surface area (Å²) in [4.78, 5) is 2.26. The van der Waals surface area contributed by atoms with E-state index in [0.29, 0.717) is 18.8 Å². The van der Waals surface area contributed by atoms with Crippen molar-refractivity contribution in [2.75, 3.05) is 32.8 Å². The number of hydrogen-bond donors (Lipinski definition) is 2. The average molecular weight is 338 g/mol. The van der Waals surface area contributed by atoms with Crippen molar-refractivity contribution in [2.24, 2.45) is 0 Å². The summed E-state index contributed by atoms with van der Waals surface area (Å²) in [5, 5.41) is 17.9. The molecule has 3 N–H and O–H groups in total. The summed E-state index contributed by atoms with van der Waals surface area (Å²) in [7, 11) is 0. The van der Waals surface area contributed by atoms with Gasteiger partial charge in [-0.15, -0.1) is 6.54 Å². The normalized spacial score (nSPS) is 14.9. The molecule has 2 rings (SSSR count). The first kappa shape index (κ1) is 18.2. The van der Waals surface area contributed by atoms with Crippen molar-refractivity contribution in [2.45, 2.75) is 13.1 Å². The molecule has 1 saturated heterocycles. The van der Waals surface area contributed by atoms with Gasteiger partial charge < -0.3 is 21.5 Å². The Labute approximate surface area is 137 Å². The van der Waals surface area contributed by atoms with Crippen LogP contribution in [0.1, 0.15) is 16.7 Å². The zero-order chi connectivity index (χ0) is 14.4. The molecule has 1 heterocycles. The van der Waals surface area contributed by atoms with E-state index < -0.39 is 0 Å². The average Bonchev–Trinajstić information content (AvgIpc) is 2.96. The van der Waals surface area contributed by atoms with Crippen LogP contribution in [0.5, 0.6) is 5.75 Å². The van der Waals surface area contributed by atoms with Crippen molar-refractivity contribution < 1.29 is 22.2 Å². The van der Waals surface area contributed by atoms with Gasteiger partial charge in [-0.3, -0.25) is 4.90 Å². The molecule has 1 aliphatic heterocycles. The second kappa shape index (κ2) is 9.20. The van der Waals surface area contributed by atoms with Gasteiger partial charge in [0.1, 0.15) is 5.75 Å². The number of nitrogens with zero attached hydrogens (tertiary/aromatic N) is 2. The van der Waals surface area contributed by atoms with Crippen LogP contribution in [-0.4, -0.2) is 42.9 Å². The monoisotopic (exact) mass is 337 g/mol. The van der Waals surface area contributed by atoms with Gasteiger partial charge in [0.25, 0.3) is 0 Å². The smallest absolute Gasteiger partial charge is 0.679 e. The Hall–Kier alpha value is -0.881. The van der Waals surface area contributed by atoms with Crippen LogP contribution in [0.4, 0.5) is 0 Å². The van der Waals surface area contributed by atoms with Gasteiger partial charge in [-0.1, -0.05) is 12.7 Å². The Morgan fingerprint density at radius 1 is 1.43 bits per heavy atom. The van der Waals surface area contributed by atoms with Crippen LogP contribution >= 0.6 is 0 Å². The first-order valence-corrected chi connectivity index (χ1v) is 6.92. The van der Waals surface area contributed by atoms with Crippen molar-refractivity contribution in [1.82, 2.24) is 10.2 Å². The fourth-order valence-corrected chi connectivity index (χ4v) is 2.35. The molecular formula is C15H22CuN4O. The van der Waals surface area contributed by atoms with E-state index in [-0.39, 0.29) is 23.6 Å². The van der Waals surface area contributed by atoms with E-state index in [4.69, 9.17) is 5.73 Å². The molecule has 5 nitrogen and oxygen atoms in total. The van der Waals surface area contributed by atoms with Crippen molar-refractivity contribution in [3.05, 3.63) is 46.5 Å². The number of benzene rings is 1. The molecule has 1 aromatic carbocycles. The molecule has 0 aliphatic carbocycles. The molecule has 0 aromatic heterocycles. The van der Waals surface area contributed by atoms with Gasteiger partial charge in [-0.25, -0.2) is 0 Å². The van der Waals surface area contributed by atoms with Gasteiger partial charge in [0, 0.05) is 31.9 Å². The number of phenolic OH excluding ortho intramolecular Hbond substituents is 1. The number of nitrogens with one attached hydrogen (secondary N) is 2. The molecule has 0 spiro atoms. The molecule has 0 bridgehead atoms. The van der Waals surface area contributed by atoms with Gasteiger partial charge in [-0.2, -0.15) is 13.1 Å². The van der Waals surface area contributed by atoms with Gasteiger partial charge in [-0.05, 0) is 23.3 Å². The van der Waals surface area contributed by atoms with E-state index in [1.54, 1.807) is 6.08 Å². The molecule has 0 atom stereocenters. The van der Waals surface area contributed by atoms with E-state index in [1.165, 1.54) is 0 Å². The van der Waals surface area contributed by atoms with E-state index >= 15 is 0 Å². The van der Waals surface area contributed by atoms with Crippen molar-refractivity contribution in [3.63, 3.8) is 0 Å². The molecule has 0 unspecified atom stereocenters. The van der Waals surface area contributed by atoms with E-state index in [2.05, 4.69) is 22.1 Å². The quantitative estimate of drug-likeness (QED) is 0.592. The Bertz CT molecular complexity index is 461. The summed E-state index contributed by atoms with van der Waals surface area (Å²) in [5.41, 5.74) is 9.84. The number of phenols is 1. The fraction of sp³-hybridized carbons (Fsp3) is 0.467. The molecule has 0 amide bonds. The molecule has 1 radical (unpaired) electrons. The predicted octanol–water partition coefficient (Wildman–Crippen LogP) is 2.32. The maximum absolute atomic E-state index is 10.4. The minimum absolute atomic E-state index is 0. The Morgan fingerprint density at radius 2 is 2.19 bits per heavy atom. The van der Waals surface area contributed by atoms with E-state index in [9.17, 15) is 5.11 Å². The van der Waals surface area contributed by atoms with Crippen LogP contribution in [0.3, 0.4) is 0 Å². The third-order valence-electron chi connectivity index (χ3n) is 3.41. The maximum atomic E-state index is 10.4. The van der Waals surface area contributed by atoms with E-state index in [1.807, 2.05) is 12.1 Å². The second-order valence-corrected chi connectivity index (χ2v) is 4.96. The zero-order valence-corrected chi connectivity index (χ0v) is 13.0. The van der Waals surface area contributed by atoms with Gasteiger partial charge in [0.2, 0.25) is 0 Å². The van der Waals surface area contributed by atoms with Crippen LogP contribution in [0.25, 0.3) is 17.1 Å².